The van der Waals surface area contributed by atoms with Gasteiger partial charge in [0.15, 0.2) is 0 Å². The van der Waals surface area contributed by atoms with Crippen LogP contribution in [0.15, 0.2) is 18.2 Å². The molecule has 0 aromatic carbocycles. The molecule has 0 N–H and O–H groups in total. The van der Waals surface area contributed by atoms with E-state index in [1.807, 2.05) is 11.3 Å². The van der Waals surface area contributed by atoms with Crippen molar-refractivity contribution in [3.8, 4) is 0 Å². The van der Waals surface area contributed by atoms with Gasteiger partial charge in [-0.25, -0.2) is 0 Å². The molecule has 0 aliphatic rings. The Morgan fingerprint density at radius 3 is 1.63 bits per heavy atom. The standard InChI is InChI=1S/C26H44S/c1-4-7-8-9-10-11-12-13-14-15-16-17-18-19-22-24-23-25(20-5-2)27-26(24)21-6-3/h5-6,20-21,23H,4,7-19,22H2,1-3H3/b20-5-,21-6-. The van der Waals surface area contributed by atoms with E-state index in [2.05, 4.69) is 51.1 Å². The molecule has 0 fully saturated rings. The average Bonchev–Trinajstić information content (AvgIpc) is 3.04. The Labute approximate surface area is 174 Å². The van der Waals surface area contributed by atoms with Gasteiger partial charge in [-0.15, -0.1) is 11.3 Å². The lowest BCUT2D eigenvalue weighted by atomic mass is 10.0. The van der Waals surface area contributed by atoms with Crippen molar-refractivity contribution in [1.82, 2.24) is 0 Å². The first-order valence-electron chi connectivity index (χ1n) is 11.7. The van der Waals surface area contributed by atoms with Crippen LogP contribution in [0.25, 0.3) is 12.2 Å². The first-order chi connectivity index (χ1) is 13.3. The molecule has 0 saturated carbocycles. The predicted molar refractivity (Wildman–Crippen MR) is 128 cm³/mol. The fourth-order valence-electron chi connectivity index (χ4n) is 3.71. The molecule has 0 unspecified atom stereocenters. The number of rotatable bonds is 17. The largest absolute Gasteiger partial charge is 0.136 e. The van der Waals surface area contributed by atoms with Crippen LogP contribution in [0.3, 0.4) is 0 Å². The van der Waals surface area contributed by atoms with E-state index >= 15 is 0 Å². The quantitative estimate of drug-likeness (QED) is 0.233. The van der Waals surface area contributed by atoms with Crippen LogP contribution in [0.1, 0.15) is 126 Å². The molecule has 1 aromatic rings. The summed E-state index contributed by atoms with van der Waals surface area (Å²) in [4.78, 5) is 2.85. The van der Waals surface area contributed by atoms with Crippen molar-refractivity contribution < 1.29 is 0 Å². The normalized spacial score (nSPS) is 12.0. The van der Waals surface area contributed by atoms with Crippen LogP contribution in [0.5, 0.6) is 0 Å². The molecule has 1 heterocycles. The molecular weight excluding hydrogens is 344 g/mol. The van der Waals surface area contributed by atoms with E-state index in [0.29, 0.717) is 0 Å². The van der Waals surface area contributed by atoms with E-state index in [0.717, 1.165) is 0 Å². The van der Waals surface area contributed by atoms with E-state index in [-0.39, 0.29) is 0 Å². The third-order valence-corrected chi connectivity index (χ3v) is 6.42. The van der Waals surface area contributed by atoms with Crippen molar-refractivity contribution in [3.05, 3.63) is 33.5 Å². The van der Waals surface area contributed by atoms with E-state index in [4.69, 9.17) is 0 Å². The Hall–Kier alpha value is -0.820. The molecule has 0 nitrogen and oxygen atoms in total. The minimum Gasteiger partial charge on any atom is -0.136 e. The SMILES string of the molecule is C/C=C\c1cc(CCCCCCCCCCCCCCCC)c(/C=C\C)s1. The highest BCUT2D eigenvalue weighted by molar-refractivity contribution is 7.14. The van der Waals surface area contributed by atoms with Gasteiger partial charge in [-0.05, 0) is 50.5 Å². The smallest absolute Gasteiger partial charge is 0.0305 e. The maximum Gasteiger partial charge on any atom is 0.0305 e. The Kier molecular flexibility index (Phi) is 15.5. The second kappa shape index (κ2) is 17.3. The van der Waals surface area contributed by atoms with Crippen LogP contribution in [-0.2, 0) is 6.42 Å². The van der Waals surface area contributed by atoms with E-state index in [1.54, 1.807) is 5.56 Å². The minimum atomic E-state index is 1.24. The highest BCUT2D eigenvalue weighted by atomic mass is 32.1. The zero-order valence-corrected chi connectivity index (χ0v) is 19.2. The third-order valence-electron chi connectivity index (χ3n) is 5.31. The highest BCUT2D eigenvalue weighted by Crippen LogP contribution is 2.27. The van der Waals surface area contributed by atoms with Crippen molar-refractivity contribution in [2.75, 3.05) is 0 Å². The molecule has 1 aromatic heterocycles. The zero-order valence-electron chi connectivity index (χ0n) is 18.4. The van der Waals surface area contributed by atoms with Gasteiger partial charge >= 0.3 is 0 Å². The van der Waals surface area contributed by atoms with Gasteiger partial charge in [0, 0.05) is 9.75 Å². The van der Waals surface area contributed by atoms with E-state index < -0.39 is 0 Å². The molecule has 154 valence electrons. The van der Waals surface area contributed by atoms with Crippen molar-refractivity contribution in [3.63, 3.8) is 0 Å². The Bertz CT molecular complexity index is 506. The molecule has 1 rings (SSSR count). The number of hydrogen-bond donors (Lipinski definition) is 0. The molecule has 0 atom stereocenters. The van der Waals surface area contributed by atoms with Gasteiger partial charge < -0.3 is 0 Å². The van der Waals surface area contributed by atoms with Crippen LogP contribution < -0.4 is 0 Å². The molecule has 0 amide bonds. The second-order valence-electron chi connectivity index (χ2n) is 7.88. The molecule has 0 spiro atoms. The van der Waals surface area contributed by atoms with E-state index in [9.17, 15) is 0 Å². The number of hydrogen-bond acceptors (Lipinski definition) is 1. The summed E-state index contributed by atoms with van der Waals surface area (Å²) in [5.74, 6) is 0. The van der Waals surface area contributed by atoms with Crippen molar-refractivity contribution in [2.45, 2.75) is 117 Å². The van der Waals surface area contributed by atoms with Crippen LogP contribution in [0.2, 0.25) is 0 Å². The van der Waals surface area contributed by atoms with Crippen LogP contribution in [-0.4, -0.2) is 0 Å². The third kappa shape index (κ3) is 12.3. The first-order valence-corrected chi connectivity index (χ1v) is 12.5. The summed E-state index contributed by atoms with van der Waals surface area (Å²) in [5.41, 5.74) is 1.55. The van der Waals surface area contributed by atoms with Gasteiger partial charge in [0.1, 0.15) is 0 Å². The number of allylic oxidation sites excluding steroid dienone is 2. The fraction of sp³-hybridized carbons (Fsp3) is 0.692. The van der Waals surface area contributed by atoms with Crippen molar-refractivity contribution in [1.29, 1.82) is 0 Å². The van der Waals surface area contributed by atoms with Gasteiger partial charge in [-0.3, -0.25) is 0 Å². The molecule has 27 heavy (non-hydrogen) atoms. The van der Waals surface area contributed by atoms with Crippen LogP contribution in [0, 0.1) is 0 Å². The van der Waals surface area contributed by atoms with Crippen LogP contribution >= 0.6 is 11.3 Å². The Morgan fingerprint density at radius 2 is 1.15 bits per heavy atom. The van der Waals surface area contributed by atoms with Crippen LogP contribution in [0.4, 0.5) is 0 Å². The number of thiophene rings is 1. The molecule has 0 radical (unpaired) electrons. The Balaban J connectivity index is 2.00. The van der Waals surface area contributed by atoms with Crippen molar-refractivity contribution in [2.24, 2.45) is 0 Å². The summed E-state index contributed by atoms with van der Waals surface area (Å²) in [5, 5.41) is 0. The summed E-state index contributed by atoms with van der Waals surface area (Å²) in [6.45, 7) is 6.51. The summed E-state index contributed by atoms with van der Waals surface area (Å²) in [7, 11) is 0. The summed E-state index contributed by atoms with van der Waals surface area (Å²) in [6.07, 6.45) is 30.1. The van der Waals surface area contributed by atoms with Crippen molar-refractivity contribution >= 4 is 23.5 Å². The summed E-state index contributed by atoms with van der Waals surface area (Å²) in [6, 6.07) is 2.39. The predicted octanol–water partition coefficient (Wildman–Crippen LogP) is 9.84. The molecule has 0 bridgehead atoms. The first kappa shape index (κ1) is 24.2. The molecule has 1 heteroatoms. The summed E-state index contributed by atoms with van der Waals surface area (Å²) < 4.78 is 0. The fourth-order valence-corrected chi connectivity index (χ4v) is 4.86. The highest BCUT2D eigenvalue weighted by Gasteiger charge is 2.05. The monoisotopic (exact) mass is 388 g/mol. The van der Waals surface area contributed by atoms with Gasteiger partial charge in [0.2, 0.25) is 0 Å². The lowest BCUT2D eigenvalue weighted by Gasteiger charge is -2.03. The molecule has 0 aliphatic heterocycles. The maximum atomic E-state index is 2.39. The van der Waals surface area contributed by atoms with Gasteiger partial charge in [0.05, 0.1) is 0 Å². The van der Waals surface area contributed by atoms with Gasteiger partial charge in [-0.2, -0.15) is 0 Å². The van der Waals surface area contributed by atoms with Gasteiger partial charge in [0.25, 0.3) is 0 Å². The number of unbranched alkanes of at least 4 members (excludes halogenated alkanes) is 13. The lowest BCUT2D eigenvalue weighted by molar-refractivity contribution is 0.535. The topological polar surface area (TPSA) is 0 Å². The van der Waals surface area contributed by atoms with Gasteiger partial charge in [-0.1, -0.05) is 103 Å². The molecule has 0 aliphatic carbocycles. The lowest BCUT2D eigenvalue weighted by Crippen LogP contribution is -1.87. The maximum absolute atomic E-state index is 2.39. The summed E-state index contributed by atoms with van der Waals surface area (Å²) >= 11 is 1.92. The zero-order chi connectivity index (χ0) is 19.6. The molecular formula is C26H44S. The Morgan fingerprint density at radius 1 is 0.667 bits per heavy atom. The number of aryl methyl sites for hydroxylation is 1. The van der Waals surface area contributed by atoms with E-state index in [1.165, 1.54) is 106 Å². The molecule has 0 saturated heterocycles. The average molecular weight is 389 g/mol. The minimum absolute atomic E-state index is 1.24. The second-order valence-corrected chi connectivity index (χ2v) is 9.00.